The van der Waals surface area contributed by atoms with Crippen molar-refractivity contribution in [1.82, 2.24) is 25.9 Å². The van der Waals surface area contributed by atoms with Crippen molar-refractivity contribution in [1.29, 1.82) is 0 Å². The first-order chi connectivity index (χ1) is 24.2. The van der Waals surface area contributed by atoms with Gasteiger partial charge in [0.1, 0.15) is 17.7 Å². The molecule has 0 radical (unpaired) electrons. The minimum Gasteiger partial charge on any atom is -0.444 e. The number of amides is 4. The van der Waals surface area contributed by atoms with Crippen LogP contribution in [-0.2, 0) is 25.5 Å². The standard InChI is InChI=1S/C40H66N6O6/c1-27(2)23-30(43-37(50)52-38(3,4)5)20-19-29(24-28-15-11-10-12-16-28)36(49)45-22-14-18-33(45)35(48)44-32(17-13-21-41)34(47)42-31-25-39(6,7)46(51)40(8,9)26-31/h10-12,15-16,19-20,27,29-33,51H,13-14,17-18,21-26,41H2,1-9H3,(H,42,47)(H,43,50)(H,44,48)/b20-19+/t29-,30-,32+,33+/m1/s1. The minimum absolute atomic E-state index is 0.179. The molecule has 12 nitrogen and oxygen atoms in total. The van der Waals surface area contributed by atoms with Crippen molar-refractivity contribution in [3.05, 3.63) is 48.0 Å². The fourth-order valence-corrected chi connectivity index (χ4v) is 7.58. The summed E-state index contributed by atoms with van der Waals surface area (Å²) in [4.78, 5) is 56.4. The molecule has 2 heterocycles. The summed E-state index contributed by atoms with van der Waals surface area (Å²) in [5.41, 5.74) is 5.05. The Morgan fingerprint density at radius 3 is 2.23 bits per heavy atom. The molecule has 12 heteroatoms. The molecule has 3 rings (SSSR count). The van der Waals surface area contributed by atoms with Gasteiger partial charge in [0.2, 0.25) is 17.7 Å². The number of piperidine rings is 1. The smallest absolute Gasteiger partial charge is 0.408 e. The molecule has 0 spiro atoms. The number of nitrogens with two attached hydrogens (primary N) is 1. The molecule has 0 aromatic heterocycles. The van der Waals surface area contributed by atoms with Gasteiger partial charge >= 0.3 is 6.09 Å². The molecule has 2 aliphatic rings. The summed E-state index contributed by atoms with van der Waals surface area (Å²) in [7, 11) is 0. The summed E-state index contributed by atoms with van der Waals surface area (Å²) < 4.78 is 5.51. The lowest BCUT2D eigenvalue weighted by Crippen LogP contribution is -2.64. The molecule has 4 amide bonds. The number of carbonyl (C=O) groups excluding carboxylic acids is 4. The van der Waals surface area contributed by atoms with Crippen LogP contribution in [0.4, 0.5) is 4.79 Å². The third kappa shape index (κ3) is 12.9. The normalized spacial score (nSPS) is 21.1. The van der Waals surface area contributed by atoms with E-state index < -0.39 is 40.8 Å². The number of nitrogens with one attached hydrogen (secondary N) is 3. The molecule has 0 aliphatic carbocycles. The zero-order valence-corrected chi connectivity index (χ0v) is 33.0. The van der Waals surface area contributed by atoms with Gasteiger partial charge < -0.3 is 36.5 Å². The summed E-state index contributed by atoms with van der Waals surface area (Å²) in [6.45, 7) is 18.1. The lowest BCUT2D eigenvalue weighted by Gasteiger charge is -2.51. The molecule has 52 heavy (non-hydrogen) atoms. The van der Waals surface area contributed by atoms with Crippen LogP contribution in [0.1, 0.15) is 113 Å². The topological polar surface area (TPSA) is 166 Å². The number of carbonyl (C=O) groups is 4. The van der Waals surface area contributed by atoms with E-state index in [2.05, 4.69) is 29.8 Å². The summed E-state index contributed by atoms with van der Waals surface area (Å²) in [5, 5.41) is 21.2. The van der Waals surface area contributed by atoms with E-state index >= 15 is 0 Å². The number of benzene rings is 1. The number of rotatable bonds is 15. The summed E-state index contributed by atoms with van der Waals surface area (Å²) in [5.74, 6) is -1.16. The van der Waals surface area contributed by atoms with Crippen LogP contribution in [0.15, 0.2) is 42.5 Å². The van der Waals surface area contributed by atoms with E-state index in [-0.39, 0.29) is 35.7 Å². The SMILES string of the molecule is CC(C)C[C@@H](/C=C/[C@H](Cc1ccccc1)C(=O)N1CCC[C@H]1C(=O)N[C@@H](CCCN)C(=O)NC1CC(C)(C)N(O)C(C)(C)C1)NC(=O)OC(C)(C)C. The van der Waals surface area contributed by atoms with Crippen LogP contribution in [-0.4, -0.2) is 92.9 Å². The van der Waals surface area contributed by atoms with Crippen molar-refractivity contribution >= 4 is 23.8 Å². The van der Waals surface area contributed by atoms with Crippen LogP contribution in [0.3, 0.4) is 0 Å². The maximum atomic E-state index is 14.4. The van der Waals surface area contributed by atoms with Crippen LogP contribution in [0.2, 0.25) is 0 Å². The van der Waals surface area contributed by atoms with Gasteiger partial charge in [-0.3, -0.25) is 14.4 Å². The molecule has 0 saturated carbocycles. The third-order valence-electron chi connectivity index (χ3n) is 9.77. The van der Waals surface area contributed by atoms with Crippen molar-refractivity contribution in [3.63, 3.8) is 0 Å². The molecular weight excluding hydrogens is 660 g/mol. The van der Waals surface area contributed by atoms with E-state index in [1.807, 2.05) is 91.0 Å². The van der Waals surface area contributed by atoms with Crippen molar-refractivity contribution in [3.8, 4) is 0 Å². The van der Waals surface area contributed by atoms with Crippen molar-refractivity contribution in [2.45, 2.75) is 155 Å². The summed E-state index contributed by atoms with van der Waals surface area (Å²) in [6.07, 6.45) is 7.40. The van der Waals surface area contributed by atoms with Gasteiger partial charge in [-0.05, 0) is 118 Å². The maximum absolute atomic E-state index is 14.4. The number of hydrogen-bond acceptors (Lipinski definition) is 8. The molecule has 2 saturated heterocycles. The third-order valence-corrected chi connectivity index (χ3v) is 9.77. The molecule has 2 aliphatic heterocycles. The minimum atomic E-state index is -0.817. The molecule has 0 bridgehead atoms. The lowest BCUT2D eigenvalue weighted by atomic mass is 9.79. The Bertz CT molecular complexity index is 1360. The highest BCUT2D eigenvalue weighted by atomic mass is 16.6. The average Bonchev–Trinajstić information content (AvgIpc) is 3.52. The highest BCUT2D eigenvalue weighted by Gasteiger charge is 2.46. The van der Waals surface area contributed by atoms with E-state index in [1.54, 1.807) is 4.90 Å². The molecule has 6 N–H and O–H groups in total. The molecule has 0 unspecified atom stereocenters. The Labute approximate surface area is 311 Å². The molecule has 4 atom stereocenters. The summed E-state index contributed by atoms with van der Waals surface area (Å²) in [6, 6.07) is 7.63. The molecule has 1 aromatic carbocycles. The highest BCUT2D eigenvalue weighted by molar-refractivity contribution is 5.93. The van der Waals surface area contributed by atoms with Crippen LogP contribution in [0, 0.1) is 11.8 Å². The predicted octanol–water partition coefficient (Wildman–Crippen LogP) is 5.08. The number of hydrogen-bond donors (Lipinski definition) is 5. The quantitative estimate of drug-likeness (QED) is 0.156. The zero-order valence-electron chi connectivity index (χ0n) is 33.0. The second kappa shape index (κ2) is 18.5. The van der Waals surface area contributed by atoms with E-state index in [4.69, 9.17) is 10.5 Å². The first-order valence-electron chi connectivity index (χ1n) is 19.0. The largest absolute Gasteiger partial charge is 0.444 e. The first kappa shape index (κ1) is 42.9. The fourth-order valence-electron chi connectivity index (χ4n) is 7.58. The first-order valence-corrected chi connectivity index (χ1v) is 19.0. The zero-order chi connectivity index (χ0) is 38.9. The number of likely N-dealkylation sites (tertiary alicyclic amines) is 1. The highest BCUT2D eigenvalue weighted by Crippen LogP contribution is 2.36. The Kier molecular flexibility index (Phi) is 15.3. The lowest BCUT2D eigenvalue weighted by molar-refractivity contribution is -0.246. The van der Waals surface area contributed by atoms with Gasteiger partial charge in [-0.2, -0.15) is 5.06 Å². The molecule has 292 valence electrons. The number of hydroxylamine groups is 2. The Morgan fingerprint density at radius 1 is 1.02 bits per heavy atom. The van der Waals surface area contributed by atoms with Gasteiger partial charge in [0, 0.05) is 23.7 Å². The van der Waals surface area contributed by atoms with Crippen LogP contribution in [0.5, 0.6) is 0 Å². The number of ether oxygens (including phenoxy) is 1. The van der Waals surface area contributed by atoms with Crippen molar-refractivity contribution < 1.29 is 29.1 Å². The van der Waals surface area contributed by atoms with Crippen LogP contribution in [0.25, 0.3) is 0 Å². The van der Waals surface area contributed by atoms with Crippen molar-refractivity contribution in [2.24, 2.45) is 17.6 Å². The molecule has 1 aromatic rings. The molecule has 2 fully saturated rings. The number of alkyl carbamates (subject to hydrolysis) is 1. The predicted molar refractivity (Wildman–Crippen MR) is 203 cm³/mol. The van der Waals surface area contributed by atoms with Crippen molar-refractivity contribution in [2.75, 3.05) is 13.1 Å². The average molecular weight is 727 g/mol. The van der Waals surface area contributed by atoms with Gasteiger partial charge in [0.05, 0.1) is 12.0 Å². The van der Waals surface area contributed by atoms with Gasteiger partial charge in [0.15, 0.2) is 0 Å². The van der Waals surface area contributed by atoms with Crippen LogP contribution >= 0.6 is 0 Å². The molecular formula is C40H66N6O6. The Hall–Kier alpha value is -3.48. The Morgan fingerprint density at radius 2 is 1.65 bits per heavy atom. The van der Waals surface area contributed by atoms with E-state index in [9.17, 15) is 24.4 Å². The summed E-state index contributed by atoms with van der Waals surface area (Å²) >= 11 is 0. The van der Waals surface area contributed by atoms with Gasteiger partial charge in [-0.1, -0.05) is 56.3 Å². The Balaban J connectivity index is 1.81. The monoisotopic (exact) mass is 727 g/mol. The maximum Gasteiger partial charge on any atom is 0.408 e. The van der Waals surface area contributed by atoms with E-state index in [0.717, 1.165) is 5.56 Å². The second-order valence-electron chi connectivity index (χ2n) is 17.3. The van der Waals surface area contributed by atoms with E-state index in [1.165, 1.54) is 5.06 Å². The second-order valence-corrected chi connectivity index (χ2v) is 17.3. The fraction of sp³-hybridized carbons (Fsp3) is 0.700. The number of nitrogens with zero attached hydrogens (tertiary/aromatic N) is 2. The van der Waals surface area contributed by atoms with Gasteiger partial charge in [-0.15, -0.1) is 0 Å². The van der Waals surface area contributed by atoms with E-state index in [0.29, 0.717) is 64.5 Å². The van der Waals surface area contributed by atoms with Gasteiger partial charge in [-0.25, -0.2) is 4.79 Å². The van der Waals surface area contributed by atoms with Crippen LogP contribution < -0.4 is 21.7 Å². The van der Waals surface area contributed by atoms with Gasteiger partial charge in [0.25, 0.3) is 0 Å².